The molecule has 0 aliphatic rings. The van der Waals surface area contributed by atoms with E-state index in [9.17, 15) is 14.4 Å². The summed E-state index contributed by atoms with van der Waals surface area (Å²) in [5.41, 5.74) is 1.95. The smallest absolute Gasteiger partial charge is 0.266 e. The minimum absolute atomic E-state index is 0.129. The fourth-order valence-corrected chi connectivity index (χ4v) is 4.79. The number of fused-ring (bicyclic) bond motifs is 1. The lowest BCUT2D eigenvalue weighted by molar-refractivity contribution is -0.114. The van der Waals surface area contributed by atoms with Gasteiger partial charge in [0.15, 0.2) is 17.3 Å². The van der Waals surface area contributed by atoms with Gasteiger partial charge in [-0.1, -0.05) is 42.5 Å². The van der Waals surface area contributed by atoms with Gasteiger partial charge in [0.05, 0.1) is 49.3 Å². The number of nitrogens with one attached hydrogen (secondary N) is 2. The average molecular weight is 591 g/mol. The highest BCUT2D eigenvalue weighted by atomic mass is 16.5. The van der Waals surface area contributed by atoms with E-state index in [0.717, 1.165) is 0 Å². The molecule has 2 amide bonds. The fourth-order valence-electron chi connectivity index (χ4n) is 4.79. The standard InChI is InChI=1S/C34H30N4O6/c1-21(39)35-26-16-10-11-17-28(26)38-32(36-25-15-9-8-14-24(25)34(38)41)27(37-33(40)23-12-6-5-7-13-23)18-22-19-29(42-2)31(44-4)30(20-22)43-3/h5-20H,1-4H3,(H,35,39)(H,37,40)/b27-18-. The van der Waals surface area contributed by atoms with Crippen molar-refractivity contribution in [2.45, 2.75) is 6.92 Å². The number of anilines is 1. The number of para-hydroxylation sites is 3. The van der Waals surface area contributed by atoms with E-state index in [1.54, 1.807) is 91.0 Å². The first kappa shape index (κ1) is 29.6. The van der Waals surface area contributed by atoms with Gasteiger partial charge in [0.2, 0.25) is 11.7 Å². The van der Waals surface area contributed by atoms with Crippen LogP contribution in [0.2, 0.25) is 0 Å². The minimum atomic E-state index is -0.423. The second-order valence-corrected chi connectivity index (χ2v) is 9.63. The molecule has 0 bridgehead atoms. The summed E-state index contributed by atoms with van der Waals surface area (Å²) in [7, 11) is 4.51. The van der Waals surface area contributed by atoms with Crippen molar-refractivity contribution in [3.63, 3.8) is 0 Å². The van der Waals surface area contributed by atoms with Crippen LogP contribution in [0.1, 0.15) is 28.7 Å². The lowest BCUT2D eigenvalue weighted by atomic mass is 10.1. The Morgan fingerprint density at radius 2 is 1.45 bits per heavy atom. The number of hydrogen-bond donors (Lipinski definition) is 2. The molecule has 0 spiro atoms. The van der Waals surface area contributed by atoms with Gasteiger partial charge >= 0.3 is 0 Å². The normalized spacial score (nSPS) is 11.1. The summed E-state index contributed by atoms with van der Waals surface area (Å²) in [6, 6.07) is 25.9. The second-order valence-electron chi connectivity index (χ2n) is 9.63. The van der Waals surface area contributed by atoms with Crippen LogP contribution in [0.3, 0.4) is 0 Å². The maximum atomic E-state index is 14.2. The van der Waals surface area contributed by atoms with Crippen molar-refractivity contribution in [3.05, 3.63) is 118 Å². The molecule has 4 aromatic carbocycles. The number of carbonyl (C=O) groups excluding carboxylic acids is 2. The van der Waals surface area contributed by atoms with Crippen molar-refractivity contribution in [1.82, 2.24) is 14.9 Å². The number of ether oxygens (including phenoxy) is 3. The lowest BCUT2D eigenvalue weighted by Gasteiger charge is -2.20. The predicted molar refractivity (Wildman–Crippen MR) is 170 cm³/mol. The number of rotatable bonds is 9. The Kier molecular flexibility index (Phi) is 8.71. The van der Waals surface area contributed by atoms with Crippen LogP contribution in [0.5, 0.6) is 17.2 Å². The molecule has 0 fully saturated rings. The number of hydrogen-bond acceptors (Lipinski definition) is 7. The molecule has 2 N–H and O–H groups in total. The van der Waals surface area contributed by atoms with Crippen molar-refractivity contribution in [1.29, 1.82) is 0 Å². The molecule has 10 heteroatoms. The van der Waals surface area contributed by atoms with Crippen molar-refractivity contribution in [2.24, 2.45) is 0 Å². The summed E-state index contributed by atoms with van der Waals surface area (Å²) in [6.45, 7) is 1.38. The summed E-state index contributed by atoms with van der Waals surface area (Å²) in [4.78, 5) is 44.8. The SMILES string of the molecule is COc1cc(/C=C(\NC(=O)c2ccccc2)c2nc3ccccc3c(=O)n2-c2ccccc2NC(C)=O)cc(OC)c1OC. The van der Waals surface area contributed by atoms with E-state index in [1.807, 2.05) is 6.07 Å². The van der Waals surface area contributed by atoms with E-state index in [-0.39, 0.29) is 17.4 Å². The minimum Gasteiger partial charge on any atom is -0.493 e. The third-order valence-electron chi connectivity index (χ3n) is 6.75. The molecule has 0 saturated carbocycles. The van der Waals surface area contributed by atoms with Gasteiger partial charge in [-0.3, -0.25) is 19.0 Å². The third-order valence-corrected chi connectivity index (χ3v) is 6.75. The molecular formula is C34H30N4O6. The monoisotopic (exact) mass is 590 g/mol. The number of amides is 2. The zero-order valence-corrected chi connectivity index (χ0v) is 24.6. The molecule has 0 unspecified atom stereocenters. The van der Waals surface area contributed by atoms with E-state index in [0.29, 0.717) is 50.7 Å². The highest BCUT2D eigenvalue weighted by molar-refractivity contribution is 6.02. The Morgan fingerprint density at radius 1 is 0.818 bits per heavy atom. The molecule has 1 aromatic heterocycles. The summed E-state index contributed by atoms with van der Waals surface area (Å²) in [6.07, 6.45) is 1.67. The fraction of sp³-hybridized carbons (Fsp3) is 0.118. The Hall–Kier alpha value is -5.90. The summed E-state index contributed by atoms with van der Waals surface area (Å²) >= 11 is 0. The molecule has 0 aliphatic heterocycles. The van der Waals surface area contributed by atoms with Gasteiger partial charge in [-0.15, -0.1) is 0 Å². The molecule has 5 aromatic rings. The van der Waals surface area contributed by atoms with Crippen LogP contribution in [-0.4, -0.2) is 42.7 Å². The van der Waals surface area contributed by atoms with Crippen molar-refractivity contribution in [3.8, 4) is 22.9 Å². The van der Waals surface area contributed by atoms with E-state index in [2.05, 4.69) is 10.6 Å². The maximum absolute atomic E-state index is 14.2. The molecule has 1 heterocycles. The van der Waals surface area contributed by atoms with Crippen LogP contribution in [0.4, 0.5) is 5.69 Å². The average Bonchev–Trinajstić information content (AvgIpc) is 3.04. The van der Waals surface area contributed by atoms with Crippen LogP contribution < -0.4 is 30.4 Å². The van der Waals surface area contributed by atoms with Crippen molar-refractivity contribution < 1.29 is 23.8 Å². The second kappa shape index (κ2) is 13.0. The molecule has 5 rings (SSSR count). The van der Waals surface area contributed by atoms with Gasteiger partial charge in [-0.25, -0.2) is 4.98 Å². The molecule has 0 atom stereocenters. The first-order chi connectivity index (χ1) is 21.3. The largest absolute Gasteiger partial charge is 0.493 e. The molecular weight excluding hydrogens is 560 g/mol. The predicted octanol–water partition coefficient (Wildman–Crippen LogP) is 5.30. The van der Waals surface area contributed by atoms with Gasteiger partial charge < -0.3 is 24.8 Å². The zero-order valence-electron chi connectivity index (χ0n) is 24.6. The molecule has 222 valence electrons. The van der Waals surface area contributed by atoms with E-state index >= 15 is 0 Å². The highest BCUT2D eigenvalue weighted by Crippen LogP contribution is 2.39. The van der Waals surface area contributed by atoms with Crippen molar-refractivity contribution >= 4 is 40.2 Å². The van der Waals surface area contributed by atoms with Gasteiger partial charge in [0.1, 0.15) is 0 Å². The summed E-state index contributed by atoms with van der Waals surface area (Å²) in [5.74, 6) is 0.578. The maximum Gasteiger partial charge on any atom is 0.266 e. The highest BCUT2D eigenvalue weighted by Gasteiger charge is 2.22. The summed E-state index contributed by atoms with van der Waals surface area (Å²) in [5, 5.41) is 6.11. The zero-order chi connectivity index (χ0) is 31.2. The Labute approximate surface area is 253 Å². The Balaban J connectivity index is 1.84. The topological polar surface area (TPSA) is 121 Å². The quantitative estimate of drug-likeness (QED) is 0.239. The van der Waals surface area contributed by atoms with Gasteiger partial charge in [0.25, 0.3) is 11.5 Å². The van der Waals surface area contributed by atoms with Crippen molar-refractivity contribution in [2.75, 3.05) is 26.6 Å². The first-order valence-electron chi connectivity index (χ1n) is 13.6. The van der Waals surface area contributed by atoms with Gasteiger partial charge in [0, 0.05) is 12.5 Å². The van der Waals surface area contributed by atoms with E-state index < -0.39 is 11.5 Å². The first-order valence-corrected chi connectivity index (χ1v) is 13.6. The van der Waals surface area contributed by atoms with Gasteiger partial charge in [-0.05, 0) is 60.2 Å². The van der Waals surface area contributed by atoms with Crippen LogP contribution in [-0.2, 0) is 4.79 Å². The van der Waals surface area contributed by atoms with E-state index in [4.69, 9.17) is 19.2 Å². The number of carbonyl (C=O) groups is 2. The van der Waals surface area contributed by atoms with Crippen LogP contribution in [0.25, 0.3) is 28.4 Å². The van der Waals surface area contributed by atoms with Crippen LogP contribution >= 0.6 is 0 Å². The lowest BCUT2D eigenvalue weighted by Crippen LogP contribution is -2.30. The number of nitrogens with zero attached hydrogens (tertiary/aromatic N) is 2. The molecule has 0 radical (unpaired) electrons. The Morgan fingerprint density at radius 3 is 2.11 bits per heavy atom. The molecule has 0 saturated heterocycles. The Bertz CT molecular complexity index is 1920. The third kappa shape index (κ3) is 6.00. The number of benzene rings is 4. The molecule has 0 aliphatic carbocycles. The van der Waals surface area contributed by atoms with Crippen LogP contribution in [0.15, 0.2) is 95.8 Å². The molecule has 10 nitrogen and oxygen atoms in total. The van der Waals surface area contributed by atoms with Crippen LogP contribution in [0, 0.1) is 0 Å². The number of aromatic nitrogens is 2. The van der Waals surface area contributed by atoms with E-state index in [1.165, 1.54) is 32.8 Å². The van der Waals surface area contributed by atoms with Gasteiger partial charge in [-0.2, -0.15) is 0 Å². The number of methoxy groups -OCH3 is 3. The summed E-state index contributed by atoms with van der Waals surface area (Å²) < 4.78 is 17.9. The molecule has 44 heavy (non-hydrogen) atoms.